The summed E-state index contributed by atoms with van der Waals surface area (Å²) in [5, 5.41) is 3.22. The normalized spacial score (nSPS) is 27.1. The van der Waals surface area contributed by atoms with Crippen molar-refractivity contribution >= 4 is 17.3 Å². The van der Waals surface area contributed by atoms with E-state index in [0.717, 1.165) is 18.6 Å². The molecular formula is C14H19ClF3N3. The number of rotatable bonds is 3. The fourth-order valence-corrected chi connectivity index (χ4v) is 3.08. The zero-order valence-corrected chi connectivity index (χ0v) is 12.7. The second-order valence-corrected chi connectivity index (χ2v) is 6.24. The lowest BCUT2D eigenvalue weighted by molar-refractivity contribution is -0.137. The molecule has 1 heterocycles. The van der Waals surface area contributed by atoms with E-state index in [-0.39, 0.29) is 5.02 Å². The fourth-order valence-electron chi connectivity index (χ4n) is 2.84. The molecule has 3 nitrogen and oxygen atoms in total. The maximum atomic E-state index is 12.8. The third-order valence-electron chi connectivity index (χ3n) is 4.02. The SMILES string of the molecule is CC1CC(CN)(Nc2cc(Cl)cc(C(F)(F)F)c2)CN1C. The molecule has 0 radical (unpaired) electrons. The number of benzene rings is 1. The minimum absolute atomic E-state index is 0.0545. The van der Waals surface area contributed by atoms with Gasteiger partial charge in [0.2, 0.25) is 0 Å². The monoisotopic (exact) mass is 321 g/mol. The van der Waals surface area contributed by atoms with Crippen molar-refractivity contribution < 1.29 is 13.2 Å². The van der Waals surface area contributed by atoms with Crippen LogP contribution in [0.25, 0.3) is 0 Å². The van der Waals surface area contributed by atoms with Crippen molar-refractivity contribution in [1.29, 1.82) is 0 Å². The Kier molecular flexibility index (Phi) is 4.42. The lowest BCUT2D eigenvalue weighted by Crippen LogP contribution is -2.47. The summed E-state index contributed by atoms with van der Waals surface area (Å²) in [5.74, 6) is 0. The molecular weight excluding hydrogens is 303 g/mol. The largest absolute Gasteiger partial charge is 0.416 e. The van der Waals surface area contributed by atoms with Crippen LogP contribution in [-0.4, -0.2) is 36.6 Å². The molecule has 0 aliphatic carbocycles. The van der Waals surface area contributed by atoms with Crippen molar-refractivity contribution in [2.24, 2.45) is 5.73 Å². The number of halogens is 4. The summed E-state index contributed by atoms with van der Waals surface area (Å²) < 4.78 is 38.5. The molecule has 21 heavy (non-hydrogen) atoms. The zero-order chi connectivity index (χ0) is 15.8. The van der Waals surface area contributed by atoms with Crippen LogP contribution in [-0.2, 0) is 6.18 Å². The molecule has 1 aromatic carbocycles. The standard InChI is InChI=1S/C14H19ClF3N3/c1-9-6-13(7-19,8-21(9)2)20-12-4-10(14(16,17)18)3-11(15)5-12/h3-5,9,20H,6-8,19H2,1-2H3. The zero-order valence-electron chi connectivity index (χ0n) is 12.0. The third kappa shape index (κ3) is 3.62. The van der Waals surface area contributed by atoms with Gasteiger partial charge in [-0.2, -0.15) is 13.2 Å². The van der Waals surface area contributed by atoms with Gasteiger partial charge < -0.3 is 16.0 Å². The van der Waals surface area contributed by atoms with Gasteiger partial charge in [-0.25, -0.2) is 0 Å². The summed E-state index contributed by atoms with van der Waals surface area (Å²) in [5.41, 5.74) is 5.02. The van der Waals surface area contributed by atoms with E-state index in [0.29, 0.717) is 24.8 Å². The first-order chi connectivity index (χ1) is 9.65. The molecule has 1 saturated heterocycles. The molecule has 3 N–H and O–H groups in total. The summed E-state index contributed by atoms with van der Waals surface area (Å²) in [4.78, 5) is 2.13. The smallest absolute Gasteiger partial charge is 0.377 e. The Morgan fingerprint density at radius 3 is 2.57 bits per heavy atom. The highest BCUT2D eigenvalue weighted by molar-refractivity contribution is 6.30. The highest BCUT2D eigenvalue weighted by Crippen LogP contribution is 2.35. The van der Waals surface area contributed by atoms with E-state index < -0.39 is 17.3 Å². The number of nitrogens with one attached hydrogen (secondary N) is 1. The van der Waals surface area contributed by atoms with Crippen LogP contribution in [0.3, 0.4) is 0 Å². The second kappa shape index (κ2) is 5.66. The number of anilines is 1. The van der Waals surface area contributed by atoms with E-state index >= 15 is 0 Å². The quantitative estimate of drug-likeness (QED) is 0.898. The fraction of sp³-hybridized carbons (Fsp3) is 0.571. The molecule has 7 heteroatoms. The van der Waals surface area contributed by atoms with Gasteiger partial charge in [0.15, 0.2) is 0 Å². The number of hydrogen-bond donors (Lipinski definition) is 2. The number of nitrogens with two attached hydrogens (primary N) is 1. The molecule has 0 amide bonds. The second-order valence-electron chi connectivity index (χ2n) is 5.80. The van der Waals surface area contributed by atoms with Gasteiger partial charge in [0.25, 0.3) is 0 Å². The van der Waals surface area contributed by atoms with E-state index in [2.05, 4.69) is 17.1 Å². The van der Waals surface area contributed by atoms with Gasteiger partial charge in [0.1, 0.15) is 0 Å². The van der Waals surface area contributed by atoms with Crippen LogP contribution in [0.1, 0.15) is 18.9 Å². The van der Waals surface area contributed by atoms with Crippen molar-refractivity contribution in [1.82, 2.24) is 4.90 Å². The van der Waals surface area contributed by atoms with Gasteiger partial charge in [0.05, 0.1) is 11.1 Å². The molecule has 1 aliphatic heterocycles. The predicted octanol–water partition coefficient (Wildman–Crippen LogP) is 3.19. The minimum Gasteiger partial charge on any atom is -0.377 e. The summed E-state index contributed by atoms with van der Waals surface area (Å²) in [6.07, 6.45) is -3.65. The van der Waals surface area contributed by atoms with Crippen molar-refractivity contribution in [3.8, 4) is 0 Å². The van der Waals surface area contributed by atoms with Gasteiger partial charge in [-0.1, -0.05) is 11.6 Å². The maximum Gasteiger partial charge on any atom is 0.416 e. The van der Waals surface area contributed by atoms with Crippen LogP contribution < -0.4 is 11.1 Å². The molecule has 118 valence electrons. The Labute approximate surface area is 127 Å². The predicted molar refractivity (Wildman–Crippen MR) is 78.6 cm³/mol. The Morgan fingerprint density at radius 1 is 1.43 bits per heavy atom. The van der Waals surface area contributed by atoms with Gasteiger partial charge in [0, 0.05) is 29.8 Å². The highest BCUT2D eigenvalue weighted by atomic mass is 35.5. The lowest BCUT2D eigenvalue weighted by Gasteiger charge is -2.30. The first kappa shape index (κ1) is 16.4. The van der Waals surface area contributed by atoms with Crippen LogP contribution in [0.5, 0.6) is 0 Å². The molecule has 1 aliphatic rings. The van der Waals surface area contributed by atoms with E-state index in [4.69, 9.17) is 17.3 Å². The summed E-state index contributed by atoms with van der Waals surface area (Å²) in [6.45, 7) is 3.09. The number of nitrogens with zero attached hydrogens (tertiary/aromatic N) is 1. The van der Waals surface area contributed by atoms with Crippen molar-refractivity contribution in [3.05, 3.63) is 28.8 Å². The molecule has 1 fully saturated rings. The molecule has 0 aromatic heterocycles. The van der Waals surface area contributed by atoms with Gasteiger partial charge >= 0.3 is 6.18 Å². The molecule has 0 saturated carbocycles. The number of likely N-dealkylation sites (tertiary alicyclic amines) is 1. The molecule has 0 spiro atoms. The number of likely N-dealkylation sites (N-methyl/N-ethyl adjacent to an activating group) is 1. The van der Waals surface area contributed by atoms with Crippen molar-refractivity contribution in [3.63, 3.8) is 0 Å². The van der Waals surface area contributed by atoms with E-state index in [1.54, 1.807) is 0 Å². The van der Waals surface area contributed by atoms with Crippen LogP contribution in [0.4, 0.5) is 18.9 Å². The summed E-state index contributed by atoms with van der Waals surface area (Å²) >= 11 is 5.81. The summed E-state index contributed by atoms with van der Waals surface area (Å²) in [7, 11) is 1.98. The van der Waals surface area contributed by atoms with Crippen LogP contribution >= 0.6 is 11.6 Å². The van der Waals surface area contributed by atoms with Crippen LogP contribution in [0.2, 0.25) is 5.02 Å². The van der Waals surface area contributed by atoms with Gasteiger partial charge in [-0.3, -0.25) is 0 Å². The van der Waals surface area contributed by atoms with E-state index in [1.165, 1.54) is 6.07 Å². The van der Waals surface area contributed by atoms with Crippen LogP contribution in [0, 0.1) is 0 Å². The Balaban J connectivity index is 2.29. The molecule has 0 bridgehead atoms. The number of alkyl halides is 3. The van der Waals surface area contributed by atoms with Crippen molar-refractivity contribution in [2.45, 2.75) is 31.1 Å². The minimum atomic E-state index is -4.42. The van der Waals surface area contributed by atoms with Gasteiger partial charge in [-0.15, -0.1) is 0 Å². The van der Waals surface area contributed by atoms with E-state index in [9.17, 15) is 13.2 Å². The highest BCUT2D eigenvalue weighted by Gasteiger charge is 2.40. The van der Waals surface area contributed by atoms with Gasteiger partial charge in [-0.05, 0) is 38.6 Å². The number of hydrogen-bond acceptors (Lipinski definition) is 3. The molecule has 2 unspecified atom stereocenters. The topological polar surface area (TPSA) is 41.3 Å². The first-order valence-corrected chi connectivity index (χ1v) is 7.09. The molecule has 1 aromatic rings. The molecule has 2 atom stereocenters. The Morgan fingerprint density at radius 2 is 2.10 bits per heavy atom. The molecule has 2 rings (SSSR count). The third-order valence-corrected chi connectivity index (χ3v) is 4.23. The van der Waals surface area contributed by atoms with Crippen LogP contribution in [0.15, 0.2) is 18.2 Å². The van der Waals surface area contributed by atoms with E-state index in [1.807, 2.05) is 7.05 Å². The lowest BCUT2D eigenvalue weighted by atomic mass is 9.95. The summed E-state index contributed by atoms with van der Waals surface area (Å²) in [6, 6.07) is 3.82. The Bertz CT molecular complexity index is 509. The first-order valence-electron chi connectivity index (χ1n) is 6.71. The average Bonchev–Trinajstić information content (AvgIpc) is 2.63. The van der Waals surface area contributed by atoms with Crippen molar-refractivity contribution in [2.75, 3.05) is 25.5 Å². The Hall–Kier alpha value is -0.980. The average molecular weight is 322 g/mol. The maximum absolute atomic E-state index is 12.8.